The van der Waals surface area contributed by atoms with Crippen LogP contribution in [0.15, 0.2) is 59.6 Å². The highest BCUT2D eigenvalue weighted by Crippen LogP contribution is 2.21. The van der Waals surface area contributed by atoms with Gasteiger partial charge in [0.15, 0.2) is 0 Å². The molecule has 4 N–H and O–H groups in total. The smallest absolute Gasteiger partial charge is 0.342 e. The van der Waals surface area contributed by atoms with Crippen molar-refractivity contribution < 1.29 is 22.8 Å². The molecule has 2 aromatic carbocycles. The largest absolute Gasteiger partial charge is 0.452 e. The van der Waals surface area contributed by atoms with E-state index < -0.39 is 23.9 Å². The van der Waals surface area contributed by atoms with Gasteiger partial charge >= 0.3 is 6.18 Å². The molecule has 0 radical (unpaired) electrons. The van der Waals surface area contributed by atoms with Gasteiger partial charge in [-0.3, -0.25) is 9.59 Å². The van der Waals surface area contributed by atoms with Crippen molar-refractivity contribution in [2.45, 2.75) is 18.6 Å². The van der Waals surface area contributed by atoms with Gasteiger partial charge in [-0.25, -0.2) is 10.8 Å². The fraction of sp³-hybridized carbons (Fsp3) is 0.167. The lowest BCUT2D eigenvalue weighted by Gasteiger charge is -2.19. The van der Waals surface area contributed by atoms with E-state index in [2.05, 4.69) is 15.7 Å². The van der Waals surface area contributed by atoms with Crippen molar-refractivity contribution in [1.82, 2.24) is 10.7 Å². The van der Waals surface area contributed by atoms with Crippen molar-refractivity contribution in [3.8, 4) is 0 Å². The van der Waals surface area contributed by atoms with Gasteiger partial charge in [0, 0.05) is 12.0 Å². The Bertz CT molecular complexity index is 806. The molecule has 2 rings (SSSR count). The average molecular weight is 378 g/mol. The normalized spacial score (nSPS) is 12.6. The molecule has 1 atom stereocenters. The van der Waals surface area contributed by atoms with Crippen molar-refractivity contribution in [2.24, 2.45) is 10.8 Å². The topological polar surface area (TPSA) is 96.6 Å². The minimum Gasteiger partial charge on any atom is -0.342 e. The Morgan fingerprint density at radius 3 is 2.26 bits per heavy atom. The van der Waals surface area contributed by atoms with Crippen LogP contribution in [-0.4, -0.2) is 30.2 Å². The minimum absolute atomic E-state index is 0.163. The van der Waals surface area contributed by atoms with Crippen LogP contribution in [0.25, 0.3) is 0 Å². The van der Waals surface area contributed by atoms with Crippen molar-refractivity contribution in [1.29, 1.82) is 0 Å². The molecule has 27 heavy (non-hydrogen) atoms. The van der Waals surface area contributed by atoms with Gasteiger partial charge in [-0.15, -0.1) is 0 Å². The molecule has 0 saturated heterocycles. The molecule has 6 nitrogen and oxygen atoms in total. The second-order valence-electron chi connectivity index (χ2n) is 5.55. The van der Waals surface area contributed by atoms with Crippen LogP contribution >= 0.6 is 0 Å². The van der Waals surface area contributed by atoms with Crippen molar-refractivity contribution >= 4 is 23.7 Å². The van der Waals surface area contributed by atoms with Crippen LogP contribution in [0.5, 0.6) is 0 Å². The van der Waals surface area contributed by atoms with E-state index in [-0.39, 0.29) is 12.0 Å². The number of nitrogens with zero attached hydrogens (tertiary/aromatic N) is 1. The average Bonchev–Trinajstić information content (AvgIpc) is 2.66. The Morgan fingerprint density at radius 1 is 1.07 bits per heavy atom. The third kappa shape index (κ3) is 5.93. The van der Waals surface area contributed by atoms with Gasteiger partial charge in [0.25, 0.3) is 11.7 Å². The zero-order valence-electron chi connectivity index (χ0n) is 14.0. The first-order valence-electron chi connectivity index (χ1n) is 7.86. The number of carbonyl (C=O) groups is 2. The summed E-state index contributed by atoms with van der Waals surface area (Å²) in [5.41, 5.74) is 3.34. The summed E-state index contributed by atoms with van der Waals surface area (Å²) in [5, 5.41) is 2.17. The minimum atomic E-state index is -5.06. The van der Waals surface area contributed by atoms with Gasteiger partial charge < -0.3 is 10.7 Å². The molecular weight excluding hydrogens is 361 g/mol. The van der Waals surface area contributed by atoms with E-state index in [1.807, 2.05) is 0 Å². The molecule has 0 saturated carbocycles. The Hall–Kier alpha value is -3.20. The van der Waals surface area contributed by atoms with E-state index in [4.69, 9.17) is 5.84 Å². The lowest BCUT2D eigenvalue weighted by atomic mass is 10.0. The van der Waals surface area contributed by atoms with Crippen LogP contribution in [-0.2, 0) is 11.2 Å². The molecule has 0 fully saturated rings. The number of aliphatic imine (C=N–C) groups is 1. The molecule has 0 heterocycles. The highest BCUT2D eigenvalue weighted by molar-refractivity contribution is 5.99. The molecule has 9 heteroatoms. The summed E-state index contributed by atoms with van der Waals surface area (Å²) in [5.74, 6) is 2.29. The Balaban J connectivity index is 2.18. The maximum atomic E-state index is 12.9. The van der Waals surface area contributed by atoms with E-state index in [1.165, 1.54) is 30.6 Å². The molecule has 0 aliphatic carbocycles. The summed E-state index contributed by atoms with van der Waals surface area (Å²) in [6, 6.07) is 12.1. The third-order valence-electron chi connectivity index (χ3n) is 3.60. The number of carbonyl (C=O) groups excluding carboxylic acids is 2. The lowest BCUT2D eigenvalue weighted by Crippen LogP contribution is -2.48. The number of benzene rings is 2. The summed E-state index contributed by atoms with van der Waals surface area (Å²) in [4.78, 5) is 27.9. The second kappa shape index (κ2) is 8.95. The second-order valence-corrected chi connectivity index (χ2v) is 5.55. The highest BCUT2D eigenvalue weighted by Gasteiger charge is 2.43. The van der Waals surface area contributed by atoms with E-state index in [0.717, 1.165) is 0 Å². The van der Waals surface area contributed by atoms with Crippen LogP contribution in [0.2, 0.25) is 0 Å². The van der Waals surface area contributed by atoms with Crippen molar-refractivity contribution in [3.05, 3.63) is 65.7 Å². The number of alkyl halides is 3. The fourth-order valence-corrected chi connectivity index (χ4v) is 2.30. The van der Waals surface area contributed by atoms with Crippen LogP contribution < -0.4 is 16.6 Å². The Labute approximate surface area is 153 Å². The first kappa shape index (κ1) is 20.1. The molecule has 0 aliphatic rings. The van der Waals surface area contributed by atoms with Crippen LogP contribution in [0.4, 0.5) is 18.9 Å². The van der Waals surface area contributed by atoms with Crippen molar-refractivity contribution in [2.75, 3.05) is 0 Å². The molecule has 0 aromatic heterocycles. The number of Topliss-reactive ketones (excluding diaryl/α,β-unsaturated/α-hetero) is 1. The van der Waals surface area contributed by atoms with Crippen LogP contribution in [0.3, 0.4) is 0 Å². The predicted molar refractivity (Wildman–Crippen MR) is 94.4 cm³/mol. The lowest BCUT2D eigenvalue weighted by molar-refractivity contribution is -0.173. The molecule has 1 amide bonds. The number of ketones is 1. The first-order chi connectivity index (χ1) is 12.8. The summed E-state index contributed by atoms with van der Waals surface area (Å²) in [7, 11) is 0. The number of rotatable bonds is 7. The summed E-state index contributed by atoms with van der Waals surface area (Å²) in [6.45, 7) is 0. The number of nitrogens with two attached hydrogens (primary N) is 1. The molecule has 0 bridgehead atoms. The summed E-state index contributed by atoms with van der Waals surface area (Å²) in [6.07, 6.45) is -4.13. The van der Waals surface area contributed by atoms with Crippen LogP contribution in [0, 0.1) is 0 Å². The zero-order chi connectivity index (χ0) is 19.9. The molecular formula is C18H17F3N4O2. The molecule has 0 spiro atoms. The Kier molecular flexibility index (Phi) is 6.67. The van der Waals surface area contributed by atoms with Gasteiger partial charge in [0.05, 0.1) is 5.69 Å². The van der Waals surface area contributed by atoms with Gasteiger partial charge in [0.2, 0.25) is 0 Å². The number of nitrogens with one attached hydrogen (secondary N) is 2. The predicted octanol–water partition coefficient (Wildman–Crippen LogP) is 2.28. The van der Waals surface area contributed by atoms with Gasteiger partial charge in [-0.2, -0.15) is 13.2 Å². The highest BCUT2D eigenvalue weighted by atomic mass is 19.4. The summed E-state index contributed by atoms with van der Waals surface area (Å²) >= 11 is 0. The van der Waals surface area contributed by atoms with E-state index in [1.54, 1.807) is 30.3 Å². The zero-order valence-corrected chi connectivity index (χ0v) is 14.0. The van der Waals surface area contributed by atoms with Gasteiger partial charge in [0.1, 0.15) is 12.4 Å². The maximum absolute atomic E-state index is 12.9. The number of hydrazine groups is 1. The van der Waals surface area contributed by atoms with E-state index in [9.17, 15) is 22.8 Å². The first-order valence-corrected chi connectivity index (χ1v) is 7.86. The number of hydrogen-bond donors (Lipinski definition) is 3. The number of amides is 1. The maximum Gasteiger partial charge on any atom is 0.452 e. The SMILES string of the molecule is NNC=Nc1ccc(CC(NC(=O)c2ccccc2)C(=O)C(F)(F)F)cc1. The van der Waals surface area contributed by atoms with Gasteiger partial charge in [-0.05, 0) is 29.8 Å². The monoisotopic (exact) mass is 378 g/mol. The van der Waals surface area contributed by atoms with E-state index >= 15 is 0 Å². The third-order valence-corrected chi connectivity index (χ3v) is 3.60. The molecule has 2 aromatic rings. The van der Waals surface area contributed by atoms with Crippen LogP contribution in [0.1, 0.15) is 15.9 Å². The van der Waals surface area contributed by atoms with E-state index in [0.29, 0.717) is 11.3 Å². The van der Waals surface area contributed by atoms with Gasteiger partial charge in [-0.1, -0.05) is 30.3 Å². The summed E-state index contributed by atoms with van der Waals surface area (Å²) < 4.78 is 38.8. The Morgan fingerprint density at radius 2 is 1.70 bits per heavy atom. The standard InChI is InChI=1S/C18H17F3N4O2/c19-18(20,21)16(26)15(25-17(27)13-4-2-1-3-5-13)10-12-6-8-14(9-7-12)23-11-24-22/h1-9,11,15H,10,22H2,(H,23,24)(H,25,27). The molecule has 0 aliphatic heterocycles. The number of halogens is 3. The van der Waals surface area contributed by atoms with Crippen molar-refractivity contribution in [3.63, 3.8) is 0 Å². The molecule has 142 valence electrons. The quantitative estimate of drug-likeness (QED) is 0.298. The fourth-order valence-electron chi connectivity index (χ4n) is 2.30. The number of hydrogen-bond acceptors (Lipinski definition) is 4. The molecule has 1 unspecified atom stereocenters.